The van der Waals surface area contributed by atoms with Crippen LogP contribution in [0.15, 0.2) is 18.2 Å². The molecule has 1 N–H and O–H groups in total. The summed E-state index contributed by atoms with van der Waals surface area (Å²) in [6, 6.07) is 3.71. The second kappa shape index (κ2) is 8.13. The summed E-state index contributed by atoms with van der Waals surface area (Å²) in [7, 11) is 0. The summed E-state index contributed by atoms with van der Waals surface area (Å²) in [4.78, 5) is 36.5. The van der Waals surface area contributed by atoms with Crippen molar-refractivity contribution in [2.24, 2.45) is 0 Å². The van der Waals surface area contributed by atoms with Crippen LogP contribution in [0.2, 0.25) is 0 Å². The molecule has 8 nitrogen and oxygen atoms in total. The topological polar surface area (TPSA) is 102 Å². The Balaban J connectivity index is 2.36. The lowest BCUT2D eigenvalue weighted by Crippen LogP contribution is -2.55. The third-order valence-corrected chi connectivity index (χ3v) is 3.51. The Morgan fingerprint density at radius 1 is 1.38 bits per heavy atom. The number of morpholine rings is 1. The Morgan fingerprint density at radius 3 is 2.65 bits per heavy atom. The minimum Gasteiger partial charge on any atom is -0.489 e. The van der Waals surface area contributed by atoms with Crippen molar-refractivity contribution < 1.29 is 38.1 Å². The van der Waals surface area contributed by atoms with E-state index in [9.17, 15) is 23.9 Å². The molecule has 1 aliphatic heterocycles. The molecule has 9 heteroatoms. The number of carbonyl (C=O) groups is 3. The number of nitrogens with zero attached hydrogens (tertiary/aromatic N) is 1. The lowest BCUT2D eigenvalue weighted by Gasteiger charge is -2.35. The maximum absolute atomic E-state index is 13.7. The second-order valence-corrected chi connectivity index (χ2v) is 5.93. The number of rotatable bonds is 6. The monoisotopic (exact) mass is 369 g/mol. The predicted molar refractivity (Wildman–Crippen MR) is 87.4 cm³/mol. The van der Waals surface area contributed by atoms with Crippen LogP contribution in [0.5, 0.6) is 5.75 Å². The molecular weight excluding hydrogens is 349 g/mol. The third-order valence-electron chi connectivity index (χ3n) is 3.51. The first kappa shape index (κ1) is 19.6. The van der Waals surface area contributed by atoms with Crippen LogP contribution in [-0.4, -0.2) is 54.4 Å². The molecule has 1 aliphatic rings. The average molecular weight is 369 g/mol. The quantitative estimate of drug-likeness (QED) is 0.755. The standard InChI is InChI=1S/C17H20FNO7/c1-9(2)25-13-5-4-11(18)8-12(13)19-6-7-24-14(16(19)21)15(17(22)23)26-10(3)20/h4-5,8-9,14-15H,6-7H2,1-3H3,(H,22,23). The van der Waals surface area contributed by atoms with Crippen LogP contribution in [0.4, 0.5) is 10.1 Å². The SMILES string of the molecule is CC(=O)OC(C(=O)O)C1OCCN(c2cc(F)ccc2OC(C)C)C1=O. The zero-order chi connectivity index (χ0) is 19.4. The number of esters is 1. The average Bonchev–Trinajstić information content (AvgIpc) is 2.54. The number of carboxylic acid groups (broad SMARTS) is 1. The molecule has 1 heterocycles. The number of amides is 1. The summed E-state index contributed by atoms with van der Waals surface area (Å²) in [5, 5.41) is 9.25. The van der Waals surface area contributed by atoms with Crippen LogP contribution in [0, 0.1) is 5.82 Å². The first-order valence-corrected chi connectivity index (χ1v) is 8.00. The van der Waals surface area contributed by atoms with Crippen LogP contribution in [0.1, 0.15) is 20.8 Å². The summed E-state index contributed by atoms with van der Waals surface area (Å²) < 4.78 is 29.3. The van der Waals surface area contributed by atoms with Gasteiger partial charge in [-0.25, -0.2) is 9.18 Å². The van der Waals surface area contributed by atoms with Crippen molar-refractivity contribution in [3.05, 3.63) is 24.0 Å². The number of carbonyl (C=O) groups excluding carboxylic acids is 2. The van der Waals surface area contributed by atoms with Gasteiger partial charge < -0.3 is 24.2 Å². The smallest absolute Gasteiger partial charge is 0.348 e. The number of anilines is 1. The molecule has 1 aromatic carbocycles. The lowest BCUT2D eigenvalue weighted by atomic mass is 10.1. The molecule has 0 aliphatic carbocycles. The van der Waals surface area contributed by atoms with Crippen molar-refractivity contribution in [2.45, 2.75) is 39.1 Å². The molecular formula is C17H20FNO7. The normalized spacial score (nSPS) is 18.6. The van der Waals surface area contributed by atoms with Gasteiger partial charge in [-0.15, -0.1) is 0 Å². The third kappa shape index (κ3) is 4.48. The molecule has 1 fully saturated rings. The number of benzene rings is 1. The van der Waals surface area contributed by atoms with E-state index in [4.69, 9.17) is 14.2 Å². The number of carboxylic acids is 1. The molecule has 26 heavy (non-hydrogen) atoms. The van der Waals surface area contributed by atoms with E-state index in [-0.39, 0.29) is 30.7 Å². The fourth-order valence-corrected chi connectivity index (χ4v) is 2.54. The molecule has 1 saturated heterocycles. The van der Waals surface area contributed by atoms with E-state index in [1.165, 1.54) is 17.0 Å². The van der Waals surface area contributed by atoms with E-state index in [0.29, 0.717) is 0 Å². The van der Waals surface area contributed by atoms with Crippen LogP contribution in [0.25, 0.3) is 0 Å². The second-order valence-electron chi connectivity index (χ2n) is 5.93. The molecule has 1 amide bonds. The highest BCUT2D eigenvalue weighted by Crippen LogP contribution is 2.32. The van der Waals surface area contributed by atoms with Gasteiger partial charge in [0.15, 0.2) is 6.10 Å². The van der Waals surface area contributed by atoms with E-state index in [1.807, 2.05) is 0 Å². The van der Waals surface area contributed by atoms with Gasteiger partial charge in [0.05, 0.1) is 18.4 Å². The predicted octanol–water partition coefficient (Wildman–Crippen LogP) is 1.36. The number of hydrogen-bond donors (Lipinski definition) is 1. The van der Waals surface area contributed by atoms with Gasteiger partial charge in [-0.1, -0.05) is 0 Å². The Labute approximate surface area is 149 Å². The minimum absolute atomic E-state index is 0.0148. The van der Waals surface area contributed by atoms with Gasteiger partial charge >= 0.3 is 11.9 Å². The van der Waals surface area contributed by atoms with Gasteiger partial charge in [-0.3, -0.25) is 9.59 Å². The first-order valence-electron chi connectivity index (χ1n) is 8.00. The molecule has 0 radical (unpaired) electrons. The number of aliphatic carboxylic acids is 1. The van der Waals surface area contributed by atoms with Gasteiger partial charge in [-0.05, 0) is 26.0 Å². The highest BCUT2D eigenvalue weighted by Gasteiger charge is 2.43. The van der Waals surface area contributed by atoms with Crippen molar-refractivity contribution in [3.63, 3.8) is 0 Å². The van der Waals surface area contributed by atoms with E-state index in [2.05, 4.69) is 0 Å². The maximum Gasteiger partial charge on any atom is 0.348 e. The first-order chi connectivity index (χ1) is 12.2. The molecule has 0 bridgehead atoms. The number of halogens is 1. The van der Waals surface area contributed by atoms with Gasteiger partial charge in [-0.2, -0.15) is 0 Å². The fraction of sp³-hybridized carbons (Fsp3) is 0.471. The zero-order valence-electron chi connectivity index (χ0n) is 14.6. The van der Waals surface area contributed by atoms with E-state index >= 15 is 0 Å². The summed E-state index contributed by atoms with van der Waals surface area (Å²) in [5.41, 5.74) is 0.156. The summed E-state index contributed by atoms with van der Waals surface area (Å²) in [5.74, 6) is -3.45. The Bertz CT molecular complexity index is 706. The van der Waals surface area contributed by atoms with Crippen LogP contribution in [0.3, 0.4) is 0 Å². The van der Waals surface area contributed by atoms with Crippen molar-refractivity contribution in [3.8, 4) is 5.75 Å². The van der Waals surface area contributed by atoms with E-state index < -0.39 is 35.9 Å². The van der Waals surface area contributed by atoms with Gasteiger partial charge in [0.1, 0.15) is 11.6 Å². The van der Waals surface area contributed by atoms with Crippen LogP contribution >= 0.6 is 0 Å². The molecule has 2 atom stereocenters. The van der Waals surface area contributed by atoms with Crippen LogP contribution in [-0.2, 0) is 23.9 Å². The van der Waals surface area contributed by atoms with E-state index in [1.54, 1.807) is 13.8 Å². The van der Waals surface area contributed by atoms with Crippen LogP contribution < -0.4 is 9.64 Å². The maximum atomic E-state index is 13.7. The van der Waals surface area contributed by atoms with Gasteiger partial charge in [0.25, 0.3) is 5.91 Å². The highest BCUT2D eigenvalue weighted by atomic mass is 19.1. The van der Waals surface area contributed by atoms with Crippen molar-refractivity contribution in [1.82, 2.24) is 0 Å². The molecule has 0 spiro atoms. The Morgan fingerprint density at radius 2 is 2.08 bits per heavy atom. The molecule has 2 rings (SSSR count). The minimum atomic E-state index is -1.80. The highest BCUT2D eigenvalue weighted by molar-refractivity contribution is 6.01. The molecule has 1 aromatic rings. The summed E-state index contributed by atoms with van der Waals surface area (Å²) in [6.45, 7) is 4.64. The molecule has 0 saturated carbocycles. The fourth-order valence-electron chi connectivity index (χ4n) is 2.54. The van der Waals surface area contributed by atoms with Crippen molar-refractivity contribution in [2.75, 3.05) is 18.1 Å². The van der Waals surface area contributed by atoms with Gasteiger partial charge in [0, 0.05) is 19.5 Å². The zero-order valence-corrected chi connectivity index (χ0v) is 14.6. The van der Waals surface area contributed by atoms with Gasteiger partial charge in [0.2, 0.25) is 6.10 Å². The molecule has 142 valence electrons. The number of ether oxygens (including phenoxy) is 3. The summed E-state index contributed by atoms with van der Waals surface area (Å²) in [6.07, 6.45) is -3.56. The van der Waals surface area contributed by atoms with Crippen molar-refractivity contribution >= 4 is 23.5 Å². The van der Waals surface area contributed by atoms with E-state index in [0.717, 1.165) is 13.0 Å². The molecule has 2 unspecified atom stereocenters. The Hall–Kier alpha value is -2.68. The lowest BCUT2D eigenvalue weighted by molar-refractivity contribution is -0.177. The Kier molecular flexibility index (Phi) is 6.14. The number of hydrogen-bond acceptors (Lipinski definition) is 6. The largest absolute Gasteiger partial charge is 0.489 e. The van der Waals surface area contributed by atoms with Crippen molar-refractivity contribution in [1.29, 1.82) is 0 Å². The molecule has 0 aromatic heterocycles. The summed E-state index contributed by atoms with van der Waals surface area (Å²) >= 11 is 0.